The molecule has 3 N–H and O–H groups in total. The van der Waals surface area contributed by atoms with Crippen LogP contribution in [0.5, 0.6) is 5.75 Å². The van der Waals surface area contributed by atoms with Crippen molar-refractivity contribution in [2.24, 2.45) is 16.6 Å². The first kappa shape index (κ1) is 20.0. The second kappa shape index (κ2) is 10.7. The Bertz CT molecular complexity index is 447. The van der Waals surface area contributed by atoms with Gasteiger partial charge in [0.25, 0.3) is 0 Å². The van der Waals surface area contributed by atoms with Gasteiger partial charge in [-0.15, -0.1) is 24.0 Å². The highest BCUT2D eigenvalue weighted by Gasteiger charge is 2.01. The Labute approximate surface area is 145 Å². The van der Waals surface area contributed by atoms with Crippen LogP contribution in [0, 0.1) is 12.8 Å². The molecule has 0 aliphatic heterocycles. The lowest BCUT2D eigenvalue weighted by Gasteiger charge is -2.09. The van der Waals surface area contributed by atoms with E-state index in [0.717, 1.165) is 37.2 Å². The van der Waals surface area contributed by atoms with E-state index in [2.05, 4.69) is 42.4 Å². The number of hydrogen-bond donors (Lipinski definition) is 2. The Kier molecular flexibility index (Phi) is 10.2. The number of ether oxygens (including phenoxy) is 1. The lowest BCUT2D eigenvalue weighted by atomic mass is 10.1. The molecule has 21 heavy (non-hydrogen) atoms. The van der Waals surface area contributed by atoms with Gasteiger partial charge in [-0.25, -0.2) is 0 Å². The van der Waals surface area contributed by atoms with E-state index >= 15 is 0 Å². The number of nitrogens with one attached hydrogen (secondary N) is 1. The van der Waals surface area contributed by atoms with Gasteiger partial charge in [-0.05, 0) is 42.9 Å². The topological polar surface area (TPSA) is 59.6 Å². The molecule has 5 heteroatoms. The molecule has 0 unspecified atom stereocenters. The Morgan fingerprint density at radius 1 is 1.38 bits per heavy atom. The van der Waals surface area contributed by atoms with E-state index in [1.54, 1.807) is 7.11 Å². The van der Waals surface area contributed by atoms with Crippen LogP contribution in [0.15, 0.2) is 23.2 Å². The van der Waals surface area contributed by atoms with Gasteiger partial charge < -0.3 is 15.8 Å². The van der Waals surface area contributed by atoms with Crippen molar-refractivity contribution in [1.82, 2.24) is 5.32 Å². The molecule has 0 aliphatic rings. The molecule has 0 aliphatic carbocycles. The van der Waals surface area contributed by atoms with Crippen LogP contribution >= 0.6 is 24.0 Å². The van der Waals surface area contributed by atoms with Crippen molar-refractivity contribution in [2.75, 3.05) is 20.2 Å². The Morgan fingerprint density at radius 3 is 2.71 bits per heavy atom. The van der Waals surface area contributed by atoms with Crippen LogP contribution in [-0.2, 0) is 6.42 Å². The number of guanidine groups is 1. The molecular formula is C16H28IN3O. The Hall–Kier alpha value is -0.980. The van der Waals surface area contributed by atoms with Gasteiger partial charge in [0.15, 0.2) is 5.96 Å². The van der Waals surface area contributed by atoms with Crippen molar-refractivity contribution in [1.29, 1.82) is 0 Å². The molecule has 0 fully saturated rings. The first-order valence-corrected chi connectivity index (χ1v) is 7.20. The molecule has 0 heterocycles. The van der Waals surface area contributed by atoms with E-state index in [1.165, 1.54) is 5.56 Å². The highest BCUT2D eigenvalue weighted by Crippen LogP contribution is 2.18. The summed E-state index contributed by atoms with van der Waals surface area (Å²) < 4.78 is 5.32. The molecular weight excluding hydrogens is 377 g/mol. The van der Waals surface area contributed by atoms with Gasteiger partial charge in [0.2, 0.25) is 0 Å². The summed E-state index contributed by atoms with van der Waals surface area (Å²) in [6.45, 7) is 7.98. The highest BCUT2D eigenvalue weighted by molar-refractivity contribution is 14.0. The molecule has 1 aromatic carbocycles. The summed E-state index contributed by atoms with van der Waals surface area (Å²) in [6, 6.07) is 6.27. The number of nitrogens with two attached hydrogens (primary N) is 1. The Morgan fingerprint density at radius 2 is 2.10 bits per heavy atom. The number of hydrogen-bond acceptors (Lipinski definition) is 2. The number of halogens is 1. The van der Waals surface area contributed by atoms with Gasteiger partial charge in [0, 0.05) is 13.1 Å². The second-order valence-electron chi connectivity index (χ2n) is 5.43. The molecule has 0 spiro atoms. The van der Waals surface area contributed by atoms with Crippen LogP contribution in [-0.4, -0.2) is 26.2 Å². The fraction of sp³-hybridized carbons (Fsp3) is 0.562. The number of benzene rings is 1. The minimum atomic E-state index is 0. The Balaban J connectivity index is 0.00000400. The summed E-state index contributed by atoms with van der Waals surface area (Å²) in [6.07, 6.45) is 1.97. The van der Waals surface area contributed by atoms with E-state index in [9.17, 15) is 0 Å². The molecule has 0 saturated heterocycles. The lowest BCUT2D eigenvalue weighted by Crippen LogP contribution is -2.33. The third-order valence-electron chi connectivity index (χ3n) is 3.18. The van der Waals surface area contributed by atoms with Gasteiger partial charge in [-0.2, -0.15) is 0 Å². The molecule has 1 rings (SSSR count). The van der Waals surface area contributed by atoms with Gasteiger partial charge in [-0.1, -0.05) is 26.0 Å². The van der Waals surface area contributed by atoms with Gasteiger partial charge in [-0.3, -0.25) is 4.99 Å². The average molecular weight is 405 g/mol. The fourth-order valence-electron chi connectivity index (χ4n) is 1.85. The largest absolute Gasteiger partial charge is 0.496 e. The minimum absolute atomic E-state index is 0. The van der Waals surface area contributed by atoms with Gasteiger partial charge in [0.05, 0.1) is 7.11 Å². The minimum Gasteiger partial charge on any atom is -0.496 e. The normalized spacial score (nSPS) is 11.2. The molecule has 4 nitrogen and oxygen atoms in total. The maximum Gasteiger partial charge on any atom is 0.188 e. The van der Waals surface area contributed by atoms with Crippen LogP contribution in [0.3, 0.4) is 0 Å². The molecule has 0 bridgehead atoms. The number of aliphatic imine (C=N–C) groups is 1. The van der Waals surface area contributed by atoms with Crippen molar-refractivity contribution in [3.05, 3.63) is 29.3 Å². The van der Waals surface area contributed by atoms with E-state index < -0.39 is 0 Å². The number of nitrogens with zero attached hydrogens (tertiary/aromatic N) is 1. The molecule has 0 radical (unpaired) electrons. The summed E-state index contributed by atoms with van der Waals surface area (Å²) in [5.74, 6) is 2.12. The maximum atomic E-state index is 5.82. The molecule has 0 atom stereocenters. The third-order valence-corrected chi connectivity index (χ3v) is 3.18. The van der Waals surface area contributed by atoms with E-state index in [0.29, 0.717) is 11.9 Å². The van der Waals surface area contributed by atoms with Crippen molar-refractivity contribution in [3.63, 3.8) is 0 Å². The maximum absolute atomic E-state index is 5.82. The fourth-order valence-corrected chi connectivity index (χ4v) is 1.85. The zero-order chi connectivity index (χ0) is 15.0. The summed E-state index contributed by atoms with van der Waals surface area (Å²) in [5, 5.41) is 3.14. The van der Waals surface area contributed by atoms with E-state index in [1.807, 2.05) is 6.92 Å². The SMILES string of the molecule is COc1cc(CCNC(N)=NCCC(C)C)ccc1C.I. The van der Waals surface area contributed by atoms with Crippen LogP contribution < -0.4 is 15.8 Å². The smallest absolute Gasteiger partial charge is 0.188 e. The summed E-state index contributed by atoms with van der Waals surface area (Å²) in [4.78, 5) is 4.30. The summed E-state index contributed by atoms with van der Waals surface area (Å²) in [5.41, 5.74) is 8.20. The predicted octanol–water partition coefficient (Wildman–Crippen LogP) is 3.11. The predicted molar refractivity (Wildman–Crippen MR) is 101 cm³/mol. The van der Waals surface area contributed by atoms with Crippen molar-refractivity contribution >= 4 is 29.9 Å². The molecule has 0 aromatic heterocycles. The summed E-state index contributed by atoms with van der Waals surface area (Å²) in [7, 11) is 1.70. The van der Waals surface area contributed by atoms with Crippen molar-refractivity contribution in [2.45, 2.75) is 33.6 Å². The van der Waals surface area contributed by atoms with E-state index in [-0.39, 0.29) is 24.0 Å². The van der Waals surface area contributed by atoms with Crippen LogP contribution in [0.2, 0.25) is 0 Å². The third kappa shape index (κ3) is 8.14. The van der Waals surface area contributed by atoms with Gasteiger partial charge >= 0.3 is 0 Å². The standard InChI is InChI=1S/C16H27N3O.HI/c1-12(2)7-9-18-16(17)19-10-8-14-6-5-13(3)15(11-14)20-4;/h5-6,11-12H,7-10H2,1-4H3,(H3,17,18,19);1H. The highest BCUT2D eigenvalue weighted by atomic mass is 127. The van der Waals surface area contributed by atoms with Crippen LogP contribution in [0.25, 0.3) is 0 Å². The molecule has 0 amide bonds. The monoisotopic (exact) mass is 405 g/mol. The van der Waals surface area contributed by atoms with Crippen LogP contribution in [0.1, 0.15) is 31.4 Å². The second-order valence-corrected chi connectivity index (χ2v) is 5.43. The zero-order valence-electron chi connectivity index (χ0n) is 13.5. The lowest BCUT2D eigenvalue weighted by molar-refractivity contribution is 0.411. The number of methoxy groups -OCH3 is 1. The van der Waals surface area contributed by atoms with Crippen molar-refractivity contribution in [3.8, 4) is 5.75 Å². The summed E-state index contributed by atoms with van der Waals surface area (Å²) >= 11 is 0. The first-order chi connectivity index (χ1) is 9.52. The molecule has 0 saturated carbocycles. The average Bonchev–Trinajstić information content (AvgIpc) is 2.40. The zero-order valence-corrected chi connectivity index (χ0v) is 15.8. The number of aryl methyl sites for hydroxylation is 1. The number of rotatable bonds is 7. The van der Waals surface area contributed by atoms with Crippen molar-refractivity contribution < 1.29 is 4.74 Å². The first-order valence-electron chi connectivity index (χ1n) is 7.20. The quantitative estimate of drug-likeness (QED) is 0.416. The van der Waals surface area contributed by atoms with Gasteiger partial charge in [0.1, 0.15) is 5.75 Å². The molecule has 1 aromatic rings. The molecule has 120 valence electrons. The van der Waals surface area contributed by atoms with Crippen LogP contribution in [0.4, 0.5) is 0 Å². The van der Waals surface area contributed by atoms with E-state index in [4.69, 9.17) is 10.5 Å².